The number of rotatable bonds is 6. The standard InChI is InChI=1S/C18H18ClN5/c1-13-23-17(21-11-14-2-4-16(19)5-3-14)10-18(24-13)22-12-15-6-8-20-9-7-15/h2-10H,11-12H2,1H3,(H2,21,22,23,24). The van der Waals surface area contributed by atoms with E-state index in [1.165, 1.54) is 0 Å². The monoisotopic (exact) mass is 339 g/mol. The Labute approximate surface area is 146 Å². The van der Waals surface area contributed by atoms with Gasteiger partial charge in [0.2, 0.25) is 0 Å². The summed E-state index contributed by atoms with van der Waals surface area (Å²) in [5.74, 6) is 2.29. The molecule has 2 N–H and O–H groups in total. The van der Waals surface area contributed by atoms with Crippen molar-refractivity contribution in [1.82, 2.24) is 15.0 Å². The zero-order valence-electron chi connectivity index (χ0n) is 13.3. The lowest BCUT2D eigenvalue weighted by Gasteiger charge is -2.10. The van der Waals surface area contributed by atoms with E-state index in [1.807, 2.05) is 49.4 Å². The molecule has 0 aliphatic carbocycles. The van der Waals surface area contributed by atoms with E-state index in [-0.39, 0.29) is 0 Å². The van der Waals surface area contributed by atoms with Crippen LogP contribution in [0.2, 0.25) is 5.02 Å². The van der Waals surface area contributed by atoms with Crippen LogP contribution in [0.5, 0.6) is 0 Å². The molecule has 0 atom stereocenters. The number of nitrogens with zero attached hydrogens (tertiary/aromatic N) is 3. The summed E-state index contributed by atoms with van der Waals surface area (Å²) >= 11 is 5.90. The number of aryl methyl sites for hydroxylation is 1. The molecule has 6 heteroatoms. The molecule has 2 heterocycles. The van der Waals surface area contributed by atoms with Crippen molar-refractivity contribution >= 4 is 23.2 Å². The molecule has 0 radical (unpaired) electrons. The SMILES string of the molecule is Cc1nc(NCc2ccncc2)cc(NCc2ccc(Cl)cc2)n1. The highest BCUT2D eigenvalue weighted by Gasteiger charge is 2.02. The van der Waals surface area contributed by atoms with Crippen LogP contribution in [0.3, 0.4) is 0 Å². The third kappa shape index (κ3) is 4.67. The molecule has 0 aliphatic heterocycles. The average molecular weight is 340 g/mol. The molecule has 0 saturated heterocycles. The number of benzene rings is 1. The molecule has 0 fully saturated rings. The topological polar surface area (TPSA) is 62.7 Å². The van der Waals surface area contributed by atoms with E-state index < -0.39 is 0 Å². The fourth-order valence-electron chi connectivity index (χ4n) is 2.24. The highest BCUT2D eigenvalue weighted by atomic mass is 35.5. The lowest BCUT2D eigenvalue weighted by molar-refractivity contribution is 1.00. The molecule has 3 rings (SSSR count). The third-order valence-electron chi connectivity index (χ3n) is 3.45. The molecule has 1 aromatic carbocycles. The second-order valence-corrected chi connectivity index (χ2v) is 5.81. The quantitative estimate of drug-likeness (QED) is 0.709. The summed E-state index contributed by atoms with van der Waals surface area (Å²) in [6, 6.07) is 13.6. The van der Waals surface area contributed by atoms with Crippen molar-refractivity contribution in [2.24, 2.45) is 0 Å². The molecule has 24 heavy (non-hydrogen) atoms. The van der Waals surface area contributed by atoms with E-state index in [2.05, 4.69) is 25.6 Å². The van der Waals surface area contributed by atoms with Crippen LogP contribution < -0.4 is 10.6 Å². The summed E-state index contributed by atoms with van der Waals surface area (Å²) in [6.45, 7) is 3.25. The van der Waals surface area contributed by atoms with Gasteiger partial charge in [0.15, 0.2) is 0 Å². The van der Waals surface area contributed by atoms with Gasteiger partial charge < -0.3 is 10.6 Å². The van der Waals surface area contributed by atoms with Gasteiger partial charge in [0.05, 0.1) is 0 Å². The predicted molar refractivity (Wildman–Crippen MR) is 97.1 cm³/mol. The number of pyridine rings is 1. The lowest BCUT2D eigenvalue weighted by Crippen LogP contribution is -2.07. The molecule has 0 unspecified atom stereocenters. The second kappa shape index (κ2) is 7.75. The van der Waals surface area contributed by atoms with Crippen molar-refractivity contribution in [3.8, 4) is 0 Å². The predicted octanol–water partition coefficient (Wildman–Crippen LogP) is 4.06. The Kier molecular flexibility index (Phi) is 5.23. The summed E-state index contributed by atoms with van der Waals surface area (Å²) in [4.78, 5) is 12.9. The lowest BCUT2D eigenvalue weighted by atomic mass is 10.2. The maximum atomic E-state index is 5.90. The number of hydrogen-bond acceptors (Lipinski definition) is 5. The molecule has 0 spiro atoms. The van der Waals surface area contributed by atoms with Gasteiger partial charge in [0, 0.05) is 36.6 Å². The van der Waals surface area contributed by atoms with Gasteiger partial charge in [-0.05, 0) is 42.3 Å². The molecule has 5 nitrogen and oxygen atoms in total. The first-order chi connectivity index (χ1) is 11.7. The first-order valence-electron chi connectivity index (χ1n) is 7.66. The Balaban J connectivity index is 1.63. The Morgan fingerprint density at radius 3 is 1.96 bits per heavy atom. The smallest absolute Gasteiger partial charge is 0.132 e. The Morgan fingerprint density at radius 1 is 0.833 bits per heavy atom. The van der Waals surface area contributed by atoms with E-state index in [0.717, 1.165) is 27.8 Å². The average Bonchev–Trinajstić information content (AvgIpc) is 2.60. The van der Waals surface area contributed by atoms with E-state index >= 15 is 0 Å². The van der Waals surface area contributed by atoms with Crippen LogP contribution in [-0.4, -0.2) is 15.0 Å². The van der Waals surface area contributed by atoms with Crippen LogP contribution in [0.25, 0.3) is 0 Å². The Morgan fingerprint density at radius 2 is 1.38 bits per heavy atom. The summed E-state index contributed by atoms with van der Waals surface area (Å²) in [5.41, 5.74) is 2.29. The largest absolute Gasteiger partial charge is 0.366 e. The highest BCUT2D eigenvalue weighted by molar-refractivity contribution is 6.30. The number of hydrogen-bond donors (Lipinski definition) is 2. The van der Waals surface area contributed by atoms with E-state index in [9.17, 15) is 0 Å². The fourth-order valence-corrected chi connectivity index (χ4v) is 2.36. The van der Waals surface area contributed by atoms with Crippen LogP contribution in [0.15, 0.2) is 54.9 Å². The molecule has 0 bridgehead atoms. The third-order valence-corrected chi connectivity index (χ3v) is 3.70. The second-order valence-electron chi connectivity index (χ2n) is 5.37. The van der Waals surface area contributed by atoms with Crippen molar-refractivity contribution in [1.29, 1.82) is 0 Å². The Bertz CT molecular complexity index is 790. The van der Waals surface area contributed by atoms with Gasteiger partial charge in [-0.1, -0.05) is 23.7 Å². The van der Waals surface area contributed by atoms with Crippen LogP contribution in [0, 0.1) is 6.92 Å². The van der Waals surface area contributed by atoms with Crippen molar-refractivity contribution in [2.45, 2.75) is 20.0 Å². The molecule has 2 aromatic heterocycles. The number of anilines is 2. The van der Waals surface area contributed by atoms with Crippen LogP contribution in [-0.2, 0) is 13.1 Å². The van der Waals surface area contributed by atoms with Gasteiger partial charge in [-0.2, -0.15) is 0 Å². The molecule has 122 valence electrons. The van der Waals surface area contributed by atoms with Crippen LogP contribution in [0.1, 0.15) is 17.0 Å². The van der Waals surface area contributed by atoms with Crippen molar-refractivity contribution < 1.29 is 0 Å². The minimum absolute atomic E-state index is 0.678. The summed E-state index contributed by atoms with van der Waals surface area (Å²) in [7, 11) is 0. The van der Waals surface area contributed by atoms with Gasteiger partial charge in [-0.25, -0.2) is 9.97 Å². The zero-order valence-corrected chi connectivity index (χ0v) is 14.1. The van der Waals surface area contributed by atoms with Crippen molar-refractivity contribution in [3.63, 3.8) is 0 Å². The number of nitrogens with one attached hydrogen (secondary N) is 2. The van der Waals surface area contributed by atoms with Gasteiger partial charge in [-0.15, -0.1) is 0 Å². The molecule has 0 aliphatic rings. The minimum Gasteiger partial charge on any atom is -0.366 e. The van der Waals surface area contributed by atoms with Crippen LogP contribution in [0.4, 0.5) is 11.6 Å². The summed E-state index contributed by atoms with van der Waals surface area (Å²) in [6.07, 6.45) is 3.56. The van der Waals surface area contributed by atoms with Gasteiger partial charge >= 0.3 is 0 Å². The van der Waals surface area contributed by atoms with Crippen molar-refractivity contribution in [2.75, 3.05) is 10.6 Å². The van der Waals surface area contributed by atoms with Crippen LogP contribution >= 0.6 is 11.6 Å². The Hall–Kier alpha value is -2.66. The van der Waals surface area contributed by atoms with Gasteiger partial charge in [-0.3, -0.25) is 4.98 Å². The first-order valence-corrected chi connectivity index (χ1v) is 8.03. The molecule has 0 amide bonds. The molecule has 0 saturated carbocycles. The first kappa shape index (κ1) is 16.2. The van der Waals surface area contributed by atoms with Gasteiger partial charge in [0.25, 0.3) is 0 Å². The van der Waals surface area contributed by atoms with Crippen molar-refractivity contribution in [3.05, 3.63) is 76.8 Å². The maximum absolute atomic E-state index is 5.90. The number of aromatic nitrogens is 3. The normalized spacial score (nSPS) is 10.4. The highest BCUT2D eigenvalue weighted by Crippen LogP contribution is 2.15. The fraction of sp³-hybridized carbons (Fsp3) is 0.167. The number of halogens is 1. The maximum Gasteiger partial charge on any atom is 0.132 e. The van der Waals surface area contributed by atoms with E-state index in [4.69, 9.17) is 11.6 Å². The van der Waals surface area contributed by atoms with E-state index in [1.54, 1.807) is 12.4 Å². The van der Waals surface area contributed by atoms with E-state index in [0.29, 0.717) is 18.9 Å². The molecular weight excluding hydrogens is 322 g/mol. The minimum atomic E-state index is 0.678. The zero-order chi connectivity index (χ0) is 16.8. The summed E-state index contributed by atoms with van der Waals surface area (Å²) < 4.78 is 0. The summed E-state index contributed by atoms with van der Waals surface area (Å²) in [5, 5.41) is 7.36. The van der Waals surface area contributed by atoms with Gasteiger partial charge in [0.1, 0.15) is 17.5 Å². The molecule has 3 aromatic rings. The molecular formula is C18H18ClN5.